The average Bonchev–Trinajstić information content (AvgIpc) is 3.09. The normalized spacial score (nSPS) is 21.5. The number of aliphatic carboxylic acids is 1. The molecule has 2 heterocycles. The second-order valence-corrected chi connectivity index (χ2v) is 7.29. The van der Waals surface area contributed by atoms with Gasteiger partial charge in [0.1, 0.15) is 0 Å². The zero-order chi connectivity index (χ0) is 17.2. The van der Waals surface area contributed by atoms with Crippen molar-refractivity contribution in [2.75, 3.05) is 26.2 Å². The van der Waals surface area contributed by atoms with Crippen LogP contribution in [0.15, 0.2) is 34.8 Å². The van der Waals surface area contributed by atoms with Gasteiger partial charge in [-0.3, -0.25) is 0 Å². The molecular weight excluding hydrogens is 368 g/mol. The highest BCUT2D eigenvalue weighted by atomic mass is 79.9. The molecule has 0 spiro atoms. The van der Waals surface area contributed by atoms with E-state index in [4.69, 9.17) is 5.11 Å². The van der Waals surface area contributed by atoms with Crippen molar-refractivity contribution < 1.29 is 9.90 Å². The fraction of sp³-hybridized carbons (Fsp3) is 0.526. The van der Waals surface area contributed by atoms with Gasteiger partial charge >= 0.3 is 5.97 Å². The third-order valence-corrected chi connectivity index (χ3v) is 4.91. The number of benzene rings is 1. The molecular formula is C19H27BrN2O2. The quantitative estimate of drug-likeness (QED) is 0.763. The zero-order valence-corrected chi connectivity index (χ0v) is 15.7. The Balaban J connectivity index is 0.000000174. The van der Waals surface area contributed by atoms with Crippen LogP contribution in [-0.4, -0.2) is 48.2 Å². The van der Waals surface area contributed by atoms with Gasteiger partial charge in [-0.15, -0.1) is 0 Å². The molecule has 1 atom stereocenters. The summed E-state index contributed by atoms with van der Waals surface area (Å²) in [5.74, 6) is -0.932. The molecule has 0 radical (unpaired) electrons. The van der Waals surface area contributed by atoms with Crippen molar-refractivity contribution in [2.24, 2.45) is 0 Å². The van der Waals surface area contributed by atoms with E-state index >= 15 is 0 Å². The van der Waals surface area contributed by atoms with E-state index in [1.54, 1.807) is 6.08 Å². The van der Waals surface area contributed by atoms with Crippen LogP contribution in [0.5, 0.6) is 0 Å². The second kappa shape index (κ2) is 10.6. The topological polar surface area (TPSA) is 52.6 Å². The summed E-state index contributed by atoms with van der Waals surface area (Å²) in [6.07, 6.45) is 9.75. The Hall–Kier alpha value is -1.17. The van der Waals surface area contributed by atoms with Crippen LogP contribution in [0.25, 0.3) is 6.08 Å². The number of rotatable bonds is 4. The Morgan fingerprint density at radius 1 is 1.21 bits per heavy atom. The molecule has 4 nitrogen and oxygen atoms in total. The van der Waals surface area contributed by atoms with Crippen molar-refractivity contribution in [3.05, 3.63) is 40.4 Å². The minimum absolute atomic E-state index is 0.808. The van der Waals surface area contributed by atoms with E-state index in [2.05, 4.69) is 26.1 Å². The molecule has 0 aromatic heterocycles. The largest absolute Gasteiger partial charge is 0.478 e. The third kappa shape index (κ3) is 7.60. The maximum atomic E-state index is 10.1. The highest BCUT2D eigenvalue weighted by Gasteiger charge is 2.18. The van der Waals surface area contributed by atoms with Gasteiger partial charge in [0, 0.05) is 23.1 Å². The third-order valence-electron chi connectivity index (χ3n) is 4.38. The molecule has 0 unspecified atom stereocenters. The minimum Gasteiger partial charge on any atom is -0.478 e. The number of carboxylic acid groups (broad SMARTS) is 1. The fourth-order valence-corrected chi connectivity index (χ4v) is 3.37. The van der Waals surface area contributed by atoms with Crippen LogP contribution < -0.4 is 5.32 Å². The number of hydrogen-bond acceptors (Lipinski definition) is 3. The van der Waals surface area contributed by atoms with Crippen LogP contribution in [0, 0.1) is 0 Å². The molecule has 3 rings (SSSR count). The number of nitrogens with one attached hydrogen (secondary N) is 1. The molecule has 0 aliphatic carbocycles. The Morgan fingerprint density at radius 3 is 2.50 bits per heavy atom. The number of carboxylic acids is 1. The lowest BCUT2D eigenvalue weighted by molar-refractivity contribution is -0.131. The Labute approximate surface area is 153 Å². The fourth-order valence-electron chi connectivity index (χ4n) is 3.11. The Kier molecular flexibility index (Phi) is 8.50. The zero-order valence-electron chi connectivity index (χ0n) is 14.1. The molecule has 1 aromatic carbocycles. The minimum atomic E-state index is -0.932. The summed E-state index contributed by atoms with van der Waals surface area (Å²) < 4.78 is 0.981. The lowest BCUT2D eigenvalue weighted by Gasteiger charge is -2.28. The van der Waals surface area contributed by atoms with Crippen LogP contribution in [0.2, 0.25) is 0 Å². The summed E-state index contributed by atoms with van der Waals surface area (Å²) in [6, 6.07) is 8.21. The lowest BCUT2D eigenvalue weighted by atomic mass is 10.1. The molecule has 2 aliphatic heterocycles. The summed E-state index contributed by atoms with van der Waals surface area (Å²) in [5.41, 5.74) is 0.876. The van der Waals surface area contributed by atoms with Gasteiger partial charge in [0.2, 0.25) is 0 Å². The summed E-state index contributed by atoms with van der Waals surface area (Å²) in [6.45, 7) is 5.24. The van der Waals surface area contributed by atoms with Crippen molar-refractivity contribution in [2.45, 2.75) is 38.1 Å². The molecule has 0 bridgehead atoms. The second-order valence-electron chi connectivity index (χ2n) is 6.38. The first-order chi connectivity index (χ1) is 11.6. The molecule has 2 N–H and O–H groups in total. The first-order valence-electron chi connectivity index (χ1n) is 8.76. The van der Waals surface area contributed by atoms with Gasteiger partial charge in [-0.25, -0.2) is 4.79 Å². The molecule has 2 saturated heterocycles. The average molecular weight is 395 g/mol. The number of halogens is 1. The van der Waals surface area contributed by atoms with Crippen LogP contribution >= 0.6 is 15.9 Å². The van der Waals surface area contributed by atoms with E-state index in [0.717, 1.165) is 22.2 Å². The molecule has 24 heavy (non-hydrogen) atoms. The van der Waals surface area contributed by atoms with E-state index in [0.29, 0.717) is 0 Å². The first kappa shape index (κ1) is 19.2. The van der Waals surface area contributed by atoms with Crippen molar-refractivity contribution in [3.63, 3.8) is 0 Å². The molecule has 5 heteroatoms. The number of carbonyl (C=O) groups is 1. The van der Waals surface area contributed by atoms with Crippen molar-refractivity contribution in [1.29, 1.82) is 0 Å². The van der Waals surface area contributed by atoms with Gasteiger partial charge in [-0.1, -0.05) is 34.5 Å². The van der Waals surface area contributed by atoms with E-state index in [1.165, 1.54) is 58.3 Å². The van der Waals surface area contributed by atoms with Crippen LogP contribution in [0.4, 0.5) is 0 Å². The molecule has 1 aromatic rings. The van der Waals surface area contributed by atoms with Crippen LogP contribution in [0.3, 0.4) is 0 Å². The Morgan fingerprint density at radius 2 is 1.92 bits per heavy atom. The summed E-state index contributed by atoms with van der Waals surface area (Å²) in [4.78, 5) is 12.8. The van der Waals surface area contributed by atoms with E-state index < -0.39 is 5.97 Å². The number of hydrogen-bond donors (Lipinski definition) is 2. The predicted molar refractivity (Wildman–Crippen MR) is 102 cm³/mol. The van der Waals surface area contributed by atoms with Gasteiger partial charge in [0.15, 0.2) is 0 Å². The number of nitrogens with zero attached hydrogens (tertiary/aromatic N) is 1. The molecule has 2 fully saturated rings. The first-order valence-corrected chi connectivity index (χ1v) is 9.55. The maximum absolute atomic E-state index is 10.1. The van der Waals surface area contributed by atoms with Crippen molar-refractivity contribution in [3.8, 4) is 0 Å². The van der Waals surface area contributed by atoms with Crippen LogP contribution in [0.1, 0.15) is 37.7 Å². The summed E-state index contributed by atoms with van der Waals surface area (Å²) in [5, 5.41) is 11.9. The van der Waals surface area contributed by atoms with Crippen molar-refractivity contribution >= 4 is 28.0 Å². The summed E-state index contributed by atoms with van der Waals surface area (Å²) in [7, 11) is 0. The monoisotopic (exact) mass is 394 g/mol. The smallest absolute Gasteiger partial charge is 0.328 e. The number of piperidine rings is 1. The lowest BCUT2D eigenvalue weighted by Crippen LogP contribution is -2.40. The van der Waals surface area contributed by atoms with Gasteiger partial charge in [-0.2, -0.15) is 0 Å². The molecule has 2 aliphatic rings. The van der Waals surface area contributed by atoms with Crippen LogP contribution in [-0.2, 0) is 4.79 Å². The highest BCUT2D eigenvalue weighted by Crippen LogP contribution is 2.12. The standard InChI is InChI=1S/C10H20N2.C9H7BrO2/c1-2-7-12(8-3-1)9-10-5-4-6-11-10;10-8-4-1-7(2-5-8)3-6-9(11)12/h10-11H,1-9H2;1-6H,(H,11,12)/b;6-3+/t10-;/m0./s1. The number of likely N-dealkylation sites (tertiary alicyclic amines) is 1. The molecule has 132 valence electrons. The predicted octanol–water partition coefficient (Wildman–Crippen LogP) is 3.77. The van der Waals surface area contributed by atoms with E-state index in [-0.39, 0.29) is 0 Å². The van der Waals surface area contributed by atoms with Gasteiger partial charge in [-0.05, 0) is 69.1 Å². The van der Waals surface area contributed by atoms with Gasteiger partial charge in [0.25, 0.3) is 0 Å². The molecule has 0 saturated carbocycles. The molecule has 0 amide bonds. The Bertz CT molecular complexity index is 519. The van der Waals surface area contributed by atoms with Gasteiger partial charge < -0.3 is 15.3 Å². The van der Waals surface area contributed by atoms with E-state index in [1.807, 2.05) is 24.3 Å². The highest BCUT2D eigenvalue weighted by molar-refractivity contribution is 9.10. The SMILES string of the molecule is C1CCN(C[C@@H]2CCCN2)CC1.O=C(O)/C=C/c1ccc(Br)cc1. The van der Waals surface area contributed by atoms with Gasteiger partial charge in [0.05, 0.1) is 0 Å². The maximum Gasteiger partial charge on any atom is 0.328 e. The summed E-state index contributed by atoms with van der Waals surface area (Å²) >= 11 is 3.29. The van der Waals surface area contributed by atoms with E-state index in [9.17, 15) is 4.79 Å². The van der Waals surface area contributed by atoms with Crippen molar-refractivity contribution in [1.82, 2.24) is 10.2 Å².